The maximum absolute atomic E-state index is 5.57. The Morgan fingerprint density at radius 3 is 2.79 bits per heavy atom. The molecule has 0 aliphatic carbocycles. The number of hydrogen-bond donors (Lipinski definition) is 2. The molecule has 4 rings (SSSR count). The lowest BCUT2D eigenvalue weighted by atomic mass is 10.1. The summed E-state index contributed by atoms with van der Waals surface area (Å²) in [5, 5.41) is 7.83. The molecule has 2 heterocycles. The van der Waals surface area contributed by atoms with E-state index in [1.165, 1.54) is 16.0 Å². The summed E-state index contributed by atoms with van der Waals surface area (Å²) >= 11 is 1.90. The molecule has 1 aliphatic rings. The van der Waals surface area contributed by atoms with Gasteiger partial charge in [-0.3, -0.25) is 5.32 Å². The highest BCUT2D eigenvalue weighted by Gasteiger charge is 2.19. The van der Waals surface area contributed by atoms with E-state index in [0.717, 1.165) is 54.6 Å². The Morgan fingerprint density at radius 1 is 1.09 bits per heavy atom. The van der Waals surface area contributed by atoms with Gasteiger partial charge in [-0.1, -0.05) is 29.8 Å². The van der Waals surface area contributed by atoms with Crippen LogP contribution >= 0.6 is 11.8 Å². The van der Waals surface area contributed by atoms with Crippen LogP contribution in [0.1, 0.15) is 31.9 Å². The van der Waals surface area contributed by atoms with Crippen molar-refractivity contribution in [2.45, 2.75) is 44.7 Å². The van der Waals surface area contributed by atoms with Gasteiger partial charge in [-0.2, -0.15) is 4.98 Å². The first kappa shape index (κ1) is 24.7. The number of thioether (sulfide) groups is 1. The lowest BCUT2D eigenvalue weighted by Crippen LogP contribution is -2.28. The standard InChI is InChI=1S/C26H35N5O2S/c1-19-9-10-22-21(15-19)24(28-12-11-27-17-32-18-33-26(2,3)4)30-25(29-22)31-13-14-34-23-8-6-5-7-20(23)16-31/h5-10,15,27H,11-14,16-18H2,1-4H3,(H,28,29,30). The van der Waals surface area contributed by atoms with Gasteiger partial charge in [0.1, 0.15) is 12.6 Å². The summed E-state index contributed by atoms with van der Waals surface area (Å²) in [7, 11) is 0. The number of anilines is 2. The molecule has 0 saturated carbocycles. The zero-order chi connectivity index (χ0) is 24.0. The molecule has 34 heavy (non-hydrogen) atoms. The van der Waals surface area contributed by atoms with Gasteiger partial charge < -0.3 is 19.7 Å². The number of nitrogens with one attached hydrogen (secondary N) is 2. The summed E-state index contributed by atoms with van der Waals surface area (Å²) < 4.78 is 11.1. The maximum Gasteiger partial charge on any atom is 0.228 e. The third-order valence-electron chi connectivity index (χ3n) is 5.45. The molecule has 0 saturated heterocycles. The summed E-state index contributed by atoms with van der Waals surface area (Å²) in [5.41, 5.74) is 3.28. The number of hydrogen-bond acceptors (Lipinski definition) is 8. The molecule has 0 bridgehead atoms. The lowest BCUT2D eigenvalue weighted by molar-refractivity contribution is -0.123. The molecule has 3 aromatic rings. The van der Waals surface area contributed by atoms with Gasteiger partial charge in [-0.25, -0.2) is 4.98 Å². The van der Waals surface area contributed by atoms with Crippen LogP contribution in [0.25, 0.3) is 10.9 Å². The monoisotopic (exact) mass is 481 g/mol. The third-order valence-corrected chi connectivity index (χ3v) is 6.54. The van der Waals surface area contributed by atoms with Gasteiger partial charge in [0, 0.05) is 42.2 Å². The van der Waals surface area contributed by atoms with Crippen LogP contribution < -0.4 is 15.5 Å². The van der Waals surface area contributed by atoms with Gasteiger partial charge in [0.2, 0.25) is 5.95 Å². The number of fused-ring (bicyclic) bond motifs is 2. The molecule has 1 aliphatic heterocycles. The van der Waals surface area contributed by atoms with Crippen molar-refractivity contribution in [2.24, 2.45) is 0 Å². The number of nitrogens with zero attached hydrogens (tertiary/aromatic N) is 3. The maximum atomic E-state index is 5.57. The van der Waals surface area contributed by atoms with Crippen molar-refractivity contribution in [2.75, 3.05) is 49.1 Å². The van der Waals surface area contributed by atoms with Gasteiger partial charge in [0.25, 0.3) is 0 Å². The Balaban J connectivity index is 1.42. The summed E-state index contributed by atoms with van der Waals surface area (Å²) in [6, 6.07) is 14.9. The van der Waals surface area contributed by atoms with E-state index in [2.05, 4.69) is 64.9 Å². The van der Waals surface area contributed by atoms with E-state index >= 15 is 0 Å². The zero-order valence-electron chi connectivity index (χ0n) is 20.6. The largest absolute Gasteiger partial charge is 0.368 e. The molecule has 0 atom stereocenters. The molecule has 8 heteroatoms. The molecule has 2 aromatic carbocycles. The summed E-state index contributed by atoms with van der Waals surface area (Å²) in [6.07, 6.45) is 0. The van der Waals surface area contributed by atoms with Crippen LogP contribution in [0.2, 0.25) is 0 Å². The van der Waals surface area contributed by atoms with Crippen molar-refractivity contribution in [3.8, 4) is 0 Å². The number of ether oxygens (including phenoxy) is 2. The van der Waals surface area contributed by atoms with E-state index in [9.17, 15) is 0 Å². The minimum atomic E-state index is -0.195. The van der Waals surface area contributed by atoms with Crippen LogP contribution in [0, 0.1) is 6.92 Å². The number of aromatic nitrogens is 2. The fourth-order valence-corrected chi connectivity index (χ4v) is 4.70. The molecule has 0 spiro atoms. The minimum absolute atomic E-state index is 0.195. The van der Waals surface area contributed by atoms with E-state index < -0.39 is 0 Å². The Morgan fingerprint density at radius 2 is 1.94 bits per heavy atom. The molecular formula is C26H35N5O2S. The quantitative estimate of drug-likeness (QED) is 0.334. The summed E-state index contributed by atoms with van der Waals surface area (Å²) in [6.45, 7) is 12.0. The summed E-state index contributed by atoms with van der Waals surface area (Å²) in [4.78, 5) is 13.5. The zero-order valence-corrected chi connectivity index (χ0v) is 21.4. The second kappa shape index (κ2) is 11.4. The molecule has 7 nitrogen and oxygen atoms in total. The number of aryl methyl sites for hydroxylation is 1. The fraction of sp³-hybridized carbons (Fsp3) is 0.462. The predicted octanol–water partition coefficient (Wildman–Crippen LogP) is 4.80. The Bertz CT molecular complexity index is 1100. The van der Waals surface area contributed by atoms with Crippen LogP contribution in [-0.2, 0) is 16.0 Å². The minimum Gasteiger partial charge on any atom is -0.368 e. The smallest absolute Gasteiger partial charge is 0.228 e. The second-order valence-corrected chi connectivity index (χ2v) is 10.6. The lowest BCUT2D eigenvalue weighted by Gasteiger charge is -2.22. The van der Waals surface area contributed by atoms with E-state index in [4.69, 9.17) is 19.4 Å². The van der Waals surface area contributed by atoms with E-state index in [-0.39, 0.29) is 12.4 Å². The van der Waals surface area contributed by atoms with Gasteiger partial charge in [-0.05, 0) is 51.5 Å². The van der Waals surface area contributed by atoms with Gasteiger partial charge >= 0.3 is 0 Å². The van der Waals surface area contributed by atoms with Crippen LogP contribution in [-0.4, -0.2) is 54.5 Å². The fourth-order valence-electron chi connectivity index (χ4n) is 3.68. The second-order valence-electron chi connectivity index (χ2n) is 9.42. The Hall–Kier alpha value is -2.39. The average molecular weight is 482 g/mol. The molecule has 0 unspecified atom stereocenters. The van der Waals surface area contributed by atoms with Crippen LogP contribution in [0.5, 0.6) is 0 Å². The topological polar surface area (TPSA) is 71.5 Å². The number of rotatable bonds is 9. The van der Waals surface area contributed by atoms with Crippen molar-refractivity contribution in [3.05, 3.63) is 53.6 Å². The summed E-state index contributed by atoms with van der Waals surface area (Å²) in [5.74, 6) is 2.65. The van der Waals surface area contributed by atoms with Crippen LogP contribution in [0.3, 0.4) is 0 Å². The molecule has 2 N–H and O–H groups in total. The Labute approximate surface area is 206 Å². The number of benzene rings is 2. The van der Waals surface area contributed by atoms with E-state index in [1.807, 2.05) is 32.5 Å². The molecule has 0 radical (unpaired) electrons. The molecule has 0 fully saturated rings. The van der Waals surface area contributed by atoms with Crippen molar-refractivity contribution in [1.29, 1.82) is 0 Å². The highest BCUT2D eigenvalue weighted by atomic mass is 32.2. The van der Waals surface area contributed by atoms with Crippen LogP contribution in [0.15, 0.2) is 47.4 Å². The first-order valence-electron chi connectivity index (χ1n) is 11.8. The molecular weight excluding hydrogens is 446 g/mol. The molecule has 0 amide bonds. The predicted molar refractivity (Wildman–Crippen MR) is 141 cm³/mol. The van der Waals surface area contributed by atoms with Gasteiger partial charge in [-0.15, -0.1) is 11.8 Å². The normalized spacial score (nSPS) is 14.2. The first-order valence-corrected chi connectivity index (χ1v) is 12.8. The highest BCUT2D eigenvalue weighted by Crippen LogP contribution is 2.30. The molecule has 1 aromatic heterocycles. The van der Waals surface area contributed by atoms with Gasteiger partial charge in [0.05, 0.1) is 17.8 Å². The van der Waals surface area contributed by atoms with E-state index in [0.29, 0.717) is 6.73 Å². The molecule has 182 valence electrons. The first-order chi connectivity index (χ1) is 16.4. The highest BCUT2D eigenvalue weighted by molar-refractivity contribution is 7.99. The van der Waals surface area contributed by atoms with Crippen molar-refractivity contribution >= 4 is 34.4 Å². The SMILES string of the molecule is Cc1ccc2nc(N3CCSc4ccccc4C3)nc(NCCNCOCOC(C)(C)C)c2c1. The van der Waals surface area contributed by atoms with Crippen molar-refractivity contribution in [1.82, 2.24) is 15.3 Å². The van der Waals surface area contributed by atoms with E-state index in [1.54, 1.807) is 0 Å². The van der Waals surface area contributed by atoms with Crippen molar-refractivity contribution in [3.63, 3.8) is 0 Å². The Kier molecular flexibility index (Phi) is 8.26. The third kappa shape index (κ3) is 6.82. The average Bonchev–Trinajstić information content (AvgIpc) is 3.02. The van der Waals surface area contributed by atoms with Gasteiger partial charge in [0.15, 0.2) is 0 Å². The van der Waals surface area contributed by atoms with Crippen molar-refractivity contribution < 1.29 is 9.47 Å². The van der Waals surface area contributed by atoms with Crippen LogP contribution in [0.4, 0.5) is 11.8 Å².